The zero-order valence-electron chi connectivity index (χ0n) is 15.6. The maximum atomic E-state index is 13.1. The van der Waals surface area contributed by atoms with Gasteiger partial charge < -0.3 is 10.1 Å². The molecule has 0 radical (unpaired) electrons. The molecule has 0 bridgehead atoms. The molecule has 3 aromatic carbocycles. The van der Waals surface area contributed by atoms with Gasteiger partial charge in [-0.25, -0.2) is 12.8 Å². The second-order valence-electron chi connectivity index (χ2n) is 6.02. The van der Waals surface area contributed by atoms with E-state index in [0.29, 0.717) is 17.9 Å². The highest BCUT2D eigenvalue weighted by atomic mass is 32.2. The van der Waals surface area contributed by atoms with Crippen LogP contribution in [0.4, 0.5) is 15.8 Å². The van der Waals surface area contributed by atoms with E-state index in [1.54, 1.807) is 42.5 Å². The Bertz CT molecular complexity index is 1100. The van der Waals surface area contributed by atoms with E-state index in [1.807, 2.05) is 6.92 Å². The van der Waals surface area contributed by atoms with Crippen LogP contribution in [0.2, 0.25) is 0 Å². The molecule has 0 fully saturated rings. The van der Waals surface area contributed by atoms with Gasteiger partial charge in [0, 0.05) is 5.56 Å². The molecule has 3 rings (SSSR count). The fourth-order valence-corrected chi connectivity index (χ4v) is 3.64. The first-order valence-electron chi connectivity index (χ1n) is 8.80. The summed E-state index contributed by atoms with van der Waals surface area (Å²) in [5.41, 5.74) is 0.873. The molecule has 0 aliphatic carbocycles. The minimum absolute atomic E-state index is 0.0912. The third-order valence-electron chi connectivity index (χ3n) is 3.97. The van der Waals surface area contributed by atoms with Crippen LogP contribution in [0.5, 0.6) is 5.75 Å². The lowest BCUT2D eigenvalue weighted by atomic mass is 10.2. The first kappa shape index (κ1) is 20.3. The first-order chi connectivity index (χ1) is 13.9. The van der Waals surface area contributed by atoms with Crippen molar-refractivity contribution < 1.29 is 22.3 Å². The highest BCUT2D eigenvalue weighted by Crippen LogP contribution is 2.25. The van der Waals surface area contributed by atoms with Crippen molar-refractivity contribution in [3.8, 4) is 5.75 Å². The highest BCUT2D eigenvalue weighted by molar-refractivity contribution is 7.92. The molecular formula is C21H19FN2O4S. The van der Waals surface area contributed by atoms with Crippen LogP contribution in [0.25, 0.3) is 0 Å². The topological polar surface area (TPSA) is 84.5 Å². The second-order valence-corrected chi connectivity index (χ2v) is 7.70. The Labute approximate surface area is 168 Å². The van der Waals surface area contributed by atoms with Crippen molar-refractivity contribution in [1.29, 1.82) is 0 Å². The molecule has 29 heavy (non-hydrogen) atoms. The molecule has 8 heteroatoms. The van der Waals surface area contributed by atoms with Crippen LogP contribution in [0.1, 0.15) is 17.3 Å². The van der Waals surface area contributed by atoms with Crippen molar-refractivity contribution in [2.24, 2.45) is 0 Å². The predicted molar refractivity (Wildman–Crippen MR) is 109 cm³/mol. The van der Waals surface area contributed by atoms with E-state index in [4.69, 9.17) is 4.74 Å². The van der Waals surface area contributed by atoms with Gasteiger partial charge in [-0.15, -0.1) is 0 Å². The Morgan fingerprint density at radius 1 is 0.931 bits per heavy atom. The Morgan fingerprint density at radius 3 is 2.17 bits per heavy atom. The van der Waals surface area contributed by atoms with Gasteiger partial charge in [0.1, 0.15) is 11.6 Å². The van der Waals surface area contributed by atoms with Gasteiger partial charge in [-0.2, -0.15) is 0 Å². The van der Waals surface area contributed by atoms with E-state index in [9.17, 15) is 17.6 Å². The molecule has 0 aliphatic heterocycles. The number of carbonyl (C=O) groups excluding carboxylic acids is 1. The van der Waals surface area contributed by atoms with Crippen molar-refractivity contribution in [2.45, 2.75) is 11.8 Å². The maximum Gasteiger partial charge on any atom is 0.261 e. The molecule has 0 aliphatic rings. The Hall–Kier alpha value is -3.39. The van der Waals surface area contributed by atoms with Crippen molar-refractivity contribution in [3.63, 3.8) is 0 Å². The van der Waals surface area contributed by atoms with Gasteiger partial charge in [0.25, 0.3) is 15.9 Å². The number of anilines is 2. The zero-order valence-corrected chi connectivity index (χ0v) is 16.4. The lowest BCUT2D eigenvalue weighted by Gasteiger charge is -2.14. The molecule has 0 spiro atoms. The number of hydrogen-bond donors (Lipinski definition) is 2. The highest BCUT2D eigenvalue weighted by Gasteiger charge is 2.17. The van der Waals surface area contributed by atoms with Crippen LogP contribution in [-0.2, 0) is 10.0 Å². The first-order valence-corrected chi connectivity index (χ1v) is 10.3. The van der Waals surface area contributed by atoms with Crippen molar-refractivity contribution >= 4 is 27.3 Å². The zero-order chi connectivity index (χ0) is 20.9. The number of amides is 1. The molecule has 0 saturated heterocycles. The minimum Gasteiger partial charge on any atom is -0.494 e. The molecule has 1 amide bonds. The van der Waals surface area contributed by atoms with E-state index in [-0.39, 0.29) is 16.3 Å². The molecule has 6 nitrogen and oxygen atoms in total. The number of halogens is 1. The largest absolute Gasteiger partial charge is 0.494 e. The van der Waals surface area contributed by atoms with Crippen LogP contribution in [0.15, 0.2) is 77.7 Å². The maximum absolute atomic E-state index is 13.1. The summed E-state index contributed by atoms with van der Waals surface area (Å²) in [6.07, 6.45) is 0. The normalized spacial score (nSPS) is 11.0. The fraction of sp³-hybridized carbons (Fsp3) is 0.0952. The van der Waals surface area contributed by atoms with Gasteiger partial charge in [-0.1, -0.05) is 12.1 Å². The number of benzene rings is 3. The van der Waals surface area contributed by atoms with E-state index in [1.165, 1.54) is 18.2 Å². The fourth-order valence-electron chi connectivity index (χ4n) is 2.56. The van der Waals surface area contributed by atoms with E-state index in [0.717, 1.165) is 12.1 Å². The summed E-state index contributed by atoms with van der Waals surface area (Å²) < 4.78 is 46.0. The van der Waals surface area contributed by atoms with Crippen LogP contribution < -0.4 is 14.8 Å². The standard InChI is InChI=1S/C21H19FN2O4S/c1-2-28-17-11-7-15(8-12-17)21(25)23-19-5-3-4-6-20(19)24-29(26,27)18-13-9-16(22)10-14-18/h3-14,24H,2H2,1H3,(H,23,25). The molecule has 0 atom stereocenters. The van der Waals surface area contributed by atoms with Crippen LogP contribution in [0, 0.1) is 5.82 Å². The summed E-state index contributed by atoms with van der Waals surface area (Å²) in [7, 11) is -3.95. The van der Waals surface area contributed by atoms with Crippen LogP contribution >= 0.6 is 0 Å². The molecule has 2 N–H and O–H groups in total. The number of sulfonamides is 1. The summed E-state index contributed by atoms with van der Waals surface area (Å²) in [5, 5.41) is 2.69. The molecule has 0 unspecified atom stereocenters. The average Bonchev–Trinajstić information content (AvgIpc) is 2.70. The van der Waals surface area contributed by atoms with Crippen LogP contribution in [0.3, 0.4) is 0 Å². The summed E-state index contributed by atoms with van der Waals surface area (Å²) in [6, 6.07) is 17.5. The number of hydrogen-bond acceptors (Lipinski definition) is 4. The van der Waals surface area contributed by atoms with E-state index in [2.05, 4.69) is 10.0 Å². The third-order valence-corrected chi connectivity index (χ3v) is 5.35. The number of rotatable bonds is 7. The minimum atomic E-state index is -3.95. The van der Waals surface area contributed by atoms with Gasteiger partial charge in [-0.05, 0) is 67.6 Å². The van der Waals surface area contributed by atoms with E-state index >= 15 is 0 Å². The summed E-state index contributed by atoms with van der Waals surface area (Å²) in [6.45, 7) is 2.39. The van der Waals surface area contributed by atoms with Gasteiger partial charge in [0.05, 0.1) is 22.9 Å². The Morgan fingerprint density at radius 2 is 1.55 bits per heavy atom. The lowest BCUT2D eigenvalue weighted by molar-refractivity contribution is 0.102. The van der Waals surface area contributed by atoms with E-state index < -0.39 is 21.7 Å². The number of ether oxygens (including phenoxy) is 1. The summed E-state index contributed by atoms with van der Waals surface area (Å²) in [4.78, 5) is 12.4. The molecule has 0 heterocycles. The summed E-state index contributed by atoms with van der Waals surface area (Å²) >= 11 is 0. The molecule has 0 saturated carbocycles. The van der Waals surface area contributed by atoms with Gasteiger partial charge in [0.2, 0.25) is 0 Å². The monoisotopic (exact) mass is 414 g/mol. The van der Waals surface area contributed by atoms with Crippen molar-refractivity contribution in [1.82, 2.24) is 0 Å². The second kappa shape index (κ2) is 8.74. The van der Waals surface area contributed by atoms with Gasteiger partial charge in [0.15, 0.2) is 0 Å². The predicted octanol–water partition coefficient (Wildman–Crippen LogP) is 4.28. The van der Waals surface area contributed by atoms with Gasteiger partial charge in [-0.3, -0.25) is 9.52 Å². The molecule has 3 aromatic rings. The number of carbonyl (C=O) groups is 1. The van der Waals surface area contributed by atoms with Crippen molar-refractivity contribution in [3.05, 3.63) is 84.2 Å². The van der Waals surface area contributed by atoms with Crippen molar-refractivity contribution in [2.75, 3.05) is 16.6 Å². The number of nitrogens with one attached hydrogen (secondary N) is 2. The molecule has 150 valence electrons. The van der Waals surface area contributed by atoms with Gasteiger partial charge >= 0.3 is 0 Å². The quantitative estimate of drug-likeness (QED) is 0.604. The molecular weight excluding hydrogens is 395 g/mol. The van der Waals surface area contributed by atoms with Crippen LogP contribution in [-0.4, -0.2) is 20.9 Å². The smallest absolute Gasteiger partial charge is 0.261 e. The summed E-state index contributed by atoms with van der Waals surface area (Å²) in [5.74, 6) is -0.287. The lowest BCUT2D eigenvalue weighted by Crippen LogP contribution is -2.17. The molecule has 0 aromatic heterocycles. The number of para-hydroxylation sites is 2. The average molecular weight is 414 g/mol. The SMILES string of the molecule is CCOc1ccc(C(=O)Nc2ccccc2NS(=O)(=O)c2ccc(F)cc2)cc1. The Kier molecular flexibility index (Phi) is 6.13. The Balaban J connectivity index is 1.79. The third kappa shape index (κ3) is 5.11.